The van der Waals surface area contributed by atoms with Gasteiger partial charge in [0.25, 0.3) is 10.1 Å². The van der Waals surface area contributed by atoms with Gasteiger partial charge in [-0.3, -0.25) is 0 Å². The summed E-state index contributed by atoms with van der Waals surface area (Å²) in [7, 11) is -4.60. The van der Waals surface area contributed by atoms with Crippen LogP contribution in [0.3, 0.4) is 0 Å². The highest BCUT2D eigenvalue weighted by molar-refractivity contribution is 7.86. The average Bonchev–Trinajstić information content (AvgIpc) is 2.46. The number of halogens is 3. The molecule has 24 heavy (non-hydrogen) atoms. The standard InChI is InChI=1S/C17H17F3O3S/c1-12-7-9-15(10-8-12)24(21,22)23-16(3,17(18,19)20)14-6-4-5-13(2)11-14/h4-11H,1-3H3. The minimum atomic E-state index is -4.92. The van der Waals surface area contributed by atoms with Crippen molar-refractivity contribution in [3.05, 3.63) is 65.2 Å². The zero-order valence-corrected chi connectivity index (χ0v) is 14.2. The Balaban J connectivity index is 2.52. The summed E-state index contributed by atoms with van der Waals surface area (Å²) >= 11 is 0. The quantitative estimate of drug-likeness (QED) is 0.757. The largest absolute Gasteiger partial charge is 0.422 e. The van der Waals surface area contributed by atoms with Crippen LogP contribution in [0.2, 0.25) is 0 Å². The fraction of sp³-hybridized carbons (Fsp3) is 0.294. The summed E-state index contributed by atoms with van der Waals surface area (Å²) in [6.07, 6.45) is -4.92. The Hall–Kier alpha value is -1.86. The fourth-order valence-corrected chi connectivity index (χ4v) is 3.37. The van der Waals surface area contributed by atoms with Crippen LogP contribution in [0.25, 0.3) is 0 Å². The van der Waals surface area contributed by atoms with Gasteiger partial charge in [-0.05, 0) is 38.5 Å². The molecular formula is C17H17F3O3S. The molecule has 0 amide bonds. The van der Waals surface area contributed by atoms with Crippen molar-refractivity contribution < 1.29 is 25.8 Å². The summed E-state index contributed by atoms with van der Waals surface area (Å²) in [6.45, 7) is 4.08. The van der Waals surface area contributed by atoms with Crippen molar-refractivity contribution in [2.45, 2.75) is 37.4 Å². The second kappa shape index (κ2) is 6.22. The van der Waals surface area contributed by atoms with Gasteiger partial charge >= 0.3 is 6.18 Å². The summed E-state index contributed by atoms with van der Waals surface area (Å²) in [5, 5.41) is 0. The molecule has 7 heteroatoms. The van der Waals surface area contributed by atoms with E-state index < -0.39 is 21.9 Å². The van der Waals surface area contributed by atoms with Crippen LogP contribution >= 0.6 is 0 Å². The van der Waals surface area contributed by atoms with E-state index in [9.17, 15) is 21.6 Å². The average molecular weight is 358 g/mol. The lowest BCUT2D eigenvalue weighted by Gasteiger charge is -2.31. The molecule has 0 aromatic heterocycles. The normalized spacial score (nSPS) is 15.1. The summed E-state index contributed by atoms with van der Waals surface area (Å²) in [5.74, 6) is 0. The molecule has 0 fully saturated rings. The van der Waals surface area contributed by atoms with Crippen LogP contribution in [0.15, 0.2) is 53.4 Å². The Bertz CT molecular complexity index is 827. The first kappa shape index (κ1) is 18.5. The molecule has 130 valence electrons. The maximum atomic E-state index is 13.6. The summed E-state index contributed by atoms with van der Waals surface area (Å²) in [4.78, 5) is -0.323. The van der Waals surface area contributed by atoms with Crippen molar-refractivity contribution in [1.29, 1.82) is 0 Å². The maximum absolute atomic E-state index is 13.6. The number of hydrogen-bond acceptors (Lipinski definition) is 3. The van der Waals surface area contributed by atoms with E-state index in [-0.39, 0.29) is 10.5 Å². The van der Waals surface area contributed by atoms with E-state index in [1.165, 1.54) is 42.5 Å². The SMILES string of the molecule is Cc1ccc(S(=O)(=O)OC(C)(c2cccc(C)c2)C(F)(F)F)cc1. The van der Waals surface area contributed by atoms with Gasteiger partial charge in [-0.25, -0.2) is 4.18 Å². The lowest BCUT2D eigenvalue weighted by Crippen LogP contribution is -2.43. The number of rotatable bonds is 4. The van der Waals surface area contributed by atoms with Crippen molar-refractivity contribution in [2.24, 2.45) is 0 Å². The minimum absolute atomic E-state index is 0.273. The van der Waals surface area contributed by atoms with Crippen LogP contribution in [0, 0.1) is 13.8 Å². The van der Waals surface area contributed by atoms with Gasteiger partial charge in [0, 0.05) is 0 Å². The van der Waals surface area contributed by atoms with E-state index >= 15 is 0 Å². The summed E-state index contributed by atoms with van der Waals surface area (Å²) < 4.78 is 70.3. The molecule has 0 aliphatic heterocycles. The number of alkyl halides is 3. The Kier molecular flexibility index (Phi) is 4.79. The van der Waals surface area contributed by atoms with Crippen LogP contribution in [0.5, 0.6) is 0 Å². The molecule has 0 heterocycles. The van der Waals surface area contributed by atoms with E-state index in [1.54, 1.807) is 19.9 Å². The third-order valence-corrected chi connectivity index (χ3v) is 5.10. The van der Waals surface area contributed by atoms with Crippen molar-refractivity contribution in [1.82, 2.24) is 0 Å². The van der Waals surface area contributed by atoms with Crippen molar-refractivity contribution in [3.63, 3.8) is 0 Å². The molecular weight excluding hydrogens is 341 g/mol. The molecule has 2 rings (SSSR count). The highest BCUT2D eigenvalue weighted by Gasteiger charge is 2.56. The molecule has 2 aromatic rings. The number of benzene rings is 2. The van der Waals surface area contributed by atoms with Crippen LogP contribution in [-0.4, -0.2) is 14.6 Å². The maximum Gasteiger partial charge on any atom is 0.422 e. The van der Waals surface area contributed by atoms with Crippen LogP contribution in [0.1, 0.15) is 23.6 Å². The Morgan fingerprint density at radius 3 is 2.00 bits per heavy atom. The second-order valence-electron chi connectivity index (χ2n) is 5.75. The monoisotopic (exact) mass is 358 g/mol. The molecule has 0 spiro atoms. The molecule has 0 aliphatic carbocycles. The molecule has 2 aromatic carbocycles. The molecule has 0 saturated heterocycles. The third-order valence-electron chi connectivity index (χ3n) is 3.70. The molecule has 0 saturated carbocycles. The van der Waals surface area contributed by atoms with Gasteiger partial charge in [-0.2, -0.15) is 21.6 Å². The molecule has 0 N–H and O–H groups in total. The zero-order valence-electron chi connectivity index (χ0n) is 13.4. The fourth-order valence-electron chi connectivity index (χ4n) is 2.17. The third kappa shape index (κ3) is 3.62. The molecule has 0 aliphatic rings. The first-order chi connectivity index (χ1) is 11.0. The molecule has 1 atom stereocenters. The number of aryl methyl sites for hydroxylation is 2. The van der Waals surface area contributed by atoms with Crippen LogP contribution in [0.4, 0.5) is 13.2 Å². The first-order valence-corrected chi connectivity index (χ1v) is 8.53. The van der Waals surface area contributed by atoms with E-state index in [0.717, 1.165) is 5.56 Å². The predicted octanol–water partition coefficient (Wildman–Crippen LogP) is 4.49. The van der Waals surface area contributed by atoms with Gasteiger partial charge in [0.2, 0.25) is 5.60 Å². The van der Waals surface area contributed by atoms with Gasteiger partial charge in [-0.1, -0.05) is 47.5 Å². The smallest absolute Gasteiger partial charge is 0.245 e. The van der Waals surface area contributed by atoms with Gasteiger partial charge in [0.1, 0.15) is 0 Å². The van der Waals surface area contributed by atoms with Gasteiger partial charge in [-0.15, -0.1) is 0 Å². The molecule has 3 nitrogen and oxygen atoms in total. The van der Waals surface area contributed by atoms with E-state index in [4.69, 9.17) is 4.18 Å². The lowest BCUT2D eigenvalue weighted by molar-refractivity contribution is -0.246. The van der Waals surface area contributed by atoms with E-state index in [1.807, 2.05) is 0 Å². The Morgan fingerprint density at radius 2 is 1.50 bits per heavy atom. The highest BCUT2D eigenvalue weighted by atomic mass is 32.2. The van der Waals surface area contributed by atoms with E-state index in [2.05, 4.69) is 0 Å². The molecule has 1 unspecified atom stereocenters. The minimum Gasteiger partial charge on any atom is -0.245 e. The van der Waals surface area contributed by atoms with Crippen molar-refractivity contribution >= 4 is 10.1 Å². The molecule has 0 radical (unpaired) electrons. The zero-order chi connectivity index (χ0) is 18.2. The van der Waals surface area contributed by atoms with Crippen LogP contribution < -0.4 is 0 Å². The summed E-state index contributed by atoms with van der Waals surface area (Å²) in [6, 6.07) is 10.9. The Morgan fingerprint density at radius 1 is 0.917 bits per heavy atom. The summed E-state index contributed by atoms with van der Waals surface area (Å²) in [5.41, 5.74) is -1.90. The topological polar surface area (TPSA) is 43.4 Å². The van der Waals surface area contributed by atoms with Gasteiger partial charge < -0.3 is 0 Å². The van der Waals surface area contributed by atoms with Gasteiger partial charge in [0.05, 0.1) is 4.90 Å². The van der Waals surface area contributed by atoms with E-state index in [0.29, 0.717) is 12.5 Å². The lowest BCUT2D eigenvalue weighted by atomic mass is 9.94. The molecule has 0 bridgehead atoms. The van der Waals surface area contributed by atoms with Crippen LogP contribution in [-0.2, 0) is 19.9 Å². The highest BCUT2D eigenvalue weighted by Crippen LogP contribution is 2.44. The second-order valence-corrected chi connectivity index (χ2v) is 7.30. The van der Waals surface area contributed by atoms with Gasteiger partial charge in [0.15, 0.2) is 0 Å². The van der Waals surface area contributed by atoms with Crippen molar-refractivity contribution in [2.75, 3.05) is 0 Å². The first-order valence-electron chi connectivity index (χ1n) is 7.12. The Labute approximate surface area is 139 Å². The predicted molar refractivity (Wildman–Crippen MR) is 84.0 cm³/mol. The number of hydrogen-bond donors (Lipinski definition) is 0. The van der Waals surface area contributed by atoms with Crippen molar-refractivity contribution in [3.8, 4) is 0 Å².